The van der Waals surface area contributed by atoms with Gasteiger partial charge in [-0.1, -0.05) is 12.1 Å². The van der Waals surface area contributed by atoms with Crippen LogP contribution in [0.5, 0.6) is 0 Å². The van der Waals surface area contributed by atoms with Gasteiger partial charge in [0, 0.05) is 127 Å². The molecule has 3 aromatic carbocycles. The summed E-state index contributed by atoms with van der Waals surface area (Å²) < 4.78 is 36.1. The lowest BCUT2D eigenvalue weighted by atomic mass is 9.97. The first-order valence-electron chi connectivity index (χ1n) is 26.5. The fourth-order valence-electron chi connectivity index (χ4n) is 9.25. The van der Waals surface area contributed by atoms with Crippen LogP contribution in [-0.2, 0) is 42.9 Å². The number of aryl methyl sites for hydroxylation is 1. The number of aliphatic hydroxyl groups excluding tert-OH is 1. The number of hydrogen-bond donors (Lipinski definition) is 8. The average Bonchev–Trinajstić information content (AvgIpc) is 4.19. The van der Waals surface area contributed by atoms with Crippen molar-refractivity contribution in [1.29, 1.82) is 0 Å². The van der Waals surface area contributed by atoms with Crippen LogP contribution >= 0.6 is 0 Å². The molecule has 0 saturated heterocycles. The summed E-state index contributed by atoms with van der Waals surface area (Å²) in [4.78, 5) is 95.9. The lowest BCUT2D eigenvalue weighted by molar-refractivity contribution is -0.123. The number of likely N-dealkylation sites (N-methyl/N-ethyl adjacent to an activating group) is 1. The molecule has 1 aliphatic carbocycles. The molecule has 4 aromatic rings. The molecular formula is C57H75FN8O12. The lowest BCUT2D eigenvalue weighted by Crippen LogP contribution is -2.39. The normalized spacial score (nSPS) is 14.0. The number of H-pyrrole nitrogens is 1. The van der Waals surface area contributed by atoms with Gasteiger partial charge in [-0.05, 0) is 130 Å². The number of benzene rings is 3. The number of fused-ring (bicyclic) bond motifs is 4. The zero-order valence-electron chi connectivity index (χ0n) is 45.1. The molecule has 0 radical (unpaired) electrons. The van der Waals surface area contributed by atoms with Crippen molar-refractivity contribution in [2.75, 3.05) is 95.4 Å². The molecule has 0 saturated carbocycles. The second-order valence-corrected chi connectivity index (χ2v) is 19.1. The molecule has 2 atom stereocenters. The molecule has 2 heterocycles. The maximum Gasteiger partial charge on any atom is 0.409 e. The van der Waals surface area contributed by atoms with E-state index in [1.165, 1.54) is 23.1 Å². The van der Waals surface area contributed by atoms with Crippen molar-refractivity contribution in [3.05, 3.63) is 99.6 Å². The number of hydrogen-bond acceptors (Lipinski definition) is 12. The van der Waals surface area contributed by atoms with Crippen LogP contribution in [0.4, 0.5) is 26.2 Å². The first-order valence-corrected chi connectivity index (χ1v) is 26.5. The minimum absolute atomic E-state index is 0. The molecule has 1 aromatic heterocycles. The van der Waals surface area contributed by atoms with E-state index in [0.717, 1.165) is 28.7 Å². The SMILES string of the molecule is CCN(CCNC(=O)c1c(C)[nH]c(/C=C2\C(=O)Nc3ccc(F)cc32)c1C)C(=O)OCC1c2cc(NC(=O)CCCC(=O)NCCOCCCOC)ccc2-c2ccc(NC(=O)CCCC(=O)NCCOC(C)CCO)cc21.[HH]. The van der Waals surface area contributed by atoms with Gasteiger partial charge >= 0.3 is 6.09 Å². The third-order valence-electron chi connectivity index (χ3n) is 13.3. The molecule has 0 spiro atoms. The first kappa shape index (κ1) is 59.8. The van der Waals surface area contributed by atoms with Crippen LogP contribution in [0.3, 0.4) is 0 Å². The Morgan fingerprint density at radius 3 is 2.03 bits per heavy atom. The van der Waals surface area contributed by atoms with Crippen LogP contribution < -0.4 is 31.9 Å². The molecule has 6 rings (SSSR count). The van der Waals surface area contributed by atoms with E-state index in [4.69, 9.17) is 24.1 Å². The number of ether oxygens (including phenoxy) is 4. The van der Waals surface area contributed by atoms with E-state index in [-0.39, 0.29) is 95.3 Å². The van der Waals surface area contributed by atoms with Crippen molar-refractivity contribution in [1.82, 2.24) is 25.8 Å². The van der Waals surface area contributed by atoms with Gasteiger partial charge in [0.25, 0.3) is 11.8 Å². The number of aliphatic hydroxyl groups is 1. The Morgan fingerprint density at radius 1 is 0.782 bits per heavy atom. The number of halogens is 1. The highest BCUT2D eigenvalue weighted by Gasteiger charge is 2.32. The van der Waals surface area contributed by atoms with Gasteiger partial charge in [-0.3, -0.25) is 28.8 Å². The molecule has 1 aliphatic heterocycles. The number of aromatic amines is 1. The number of amides is 7. The highest BCUT2D eigenvalue weighted by molar-refractivity contribution is 6.35. The quantitative estimate of drug-likeness (QED) is 0.0191. The molecule has 21 heteroatoms. The smallest absolute Gasteiger partial charge is 0.409 e. The predicted molar refractivity (Wildman–Crippen MR) is 295 cm³/mol. The van der Waals surface area contributed by atoms with Crippen LogP contribution in [0.2, 0.25) is 0 Å². The summed E-state index contributed by atoms with van der Waals surface area (Å²) in [6, 6.07) is 15.0. The number of anilines is 3. The topological polar surface area (TPSA) is 268 Å². The van der Waals surface area contributed by atoms with Gasteiger partial charge in [0.05, 0.1) is 30.5 Å². The Balaban J connectivity index is 0.0000115. The Labute approximate surface area is 455 Å². The minimum Gasteiger partial charge on any atom is -0.448 e. The summed E-state index contributed by atoms with van der Waals surface area (Å²) in [5, 5.41) is 26.1. The summed E-state index contributed by atoms with van der Waals surface area (Å²) in [5.74, 6) is -2.76. The third kappa shape index (κ3) is 17.0. The molecule has 0 fully saturated rings. The maximum absolute atomic E-state index is 14.1. The van der Waals surface area contributed by atoms with Crippen LogP contribution in [0.25, 0.3) is 22.8 Å². The van der Waals surface area contributed by atoms with Crippen molar-refractivity contribution in [2.45, 2.75) is 91.1 Å². The summed E-state index contributed by atoms with van der Waals surface area (Å²) in [6.07, 6.45) is 3.24. The Morgan fingerprint density at radius 2 is 1.41 bits per heavy atom. The number of methoxy groups -OCH3 is 1. The van der Waals surface area contributed by atoms with Gasteiger partial charge in [-0.15, -0.1) is 0 Å². The van der Waals surface area contributed by atoms with Crippen molar-refractivity contribution in [3.8, 4) is 11.1 Å². The third-order valence-corrected chi connectivity index (χ3v) is 13.3. The average molecular weight is 1080 g/mol. The minimum atomic E-state index is -0.628. The van der Waals surface area contributed by atoms with Crippen molar-refractivity contribution in [2.24, 2.45) is 0 Å². The van der Waals surface area contributed by atoms with Gasteiger partial charge in [-0.25, -0.2) is 9.18 Å². The second kappa shape index (κ2) is 29.9. The zero-order valence-corrected chi connectivity index (χ0v) is 45.1. The summed E-state index contributed by atoms with van der Waals surface area (Å²) >= 11 is 0. The predicted octanol–water partition coefficient (Wildman–Crippen LogP) is 6.80. The lowest BCUT2D eigenvalue weighted by Gasteiger charge is -2.22. The van der Waals surface area contributed by atoms with Gasteiger partial charge in [0.1, 0.15) is 12.4 Å². The molecule has 0 bridgehead atoms. The molecular weight excluding hydrogens is 1010 g/mol. The van der Waals surface area contributed by atoms with Gasteiger partial charge < -0.3 is 65.8 Å². The molecule has 78 heavy (non-hydrogen) atoms. The standard InChI is InChI=1S/C57H73FN8O12.H2/c1-6-66(24-21-61-56(73)54-36(3)49(62-37(54)4)33-46-45-30-38(58)14-19-48(45)65-55(46)72)57(74)78-34-47-43-31-39(63-52(70)12-7-10-50(68)59-22-28-76-27-9-26-75-5)15-17-41(43)42-18-16-40(32-44(42)47)64-53(71)13-8-11-51(69)60-23-29-77-35(2)20-25-67;/h14-19,30-33,35,47,62,67H,6-13,20-29,34H2,1-5H3,(H,59,68)(H,60,69)(H,61,73)(H,63,70)(H,64,71)(H,65,72);1H/b46-33-;. The molecule has 2 unspecified atom stereocenters. The van der Waals surface area contributed by atoms with Crippen molar-refractivity contribution >= 4 is 70.2 Å². The van der Waals surface area contributed by atoms with Gasteiger partial charge in [0.15, 0.2) is 0 Å². The fourth-order valence-corrected chi connectivity index (χ4v) is 9.25. The van der Waals surface area contributed by atoms with E-state index < -0.39 is 29.6 Å². The van der Waals surface area contributed by atoms with E-state index >= 15 is 0 Å². The highest BCUT2D eigenvalue weighted by Crippen LogP contribution is 2.47. The molecule has 8 N–H and O–H groups in total. The molecule has 422 valence electrons. The fraction of sp³-hybridized carbons (Fsp3) is 0.456. The van der Waals surface area contributed by atoms with Crippen molar-refractivity contribution in [3.63, 3.8) is 0 Å². The van der Waals surface area contributed by atoms with E-state index in [0.29, 0.717) is 104 Å². The Hall–Kier alpha value is -7.46. The van der Waals surface area contributed by atoms with E-state index in [1.54, 1.807) is 46.1 Å². The summed E-state index contributed by atoms with van der Waals surface area (Å²) in [5.41, 5.74) is 7.43. The van der Waals surface area contributed by atoms with E-state index in [1.807, 2.05) is 31.2 Å². The number of rotatable bonds is 31. The molecule has 20 nitrogen and oxygen atoms in total. The number of carbonyl (C=O) groups excluding carboxylic acids is 7. The van der Waals surface area contributed by atoms with Crippen molar-refractivity contribution < 1.29 is 63.4 Å². The zero-order chi connectivity index (χ0) is 56.1. The first-order chi connectivity index (χ1) is 37.6. The summed E-state index contributed by atoms with van der Waals surface area (Å²) in [7, 11) is 1.62. The Bertz CT molecular complexity index is 2820. The largest absolute Gasteiger partial charge is 0.448 e. The van der Waals surface area contributed by atoms with Gasteiger partial charge in [-0.2, -0.15) is 0 Å². The number of nitrogens with one attached hydrogen (secondary N) is 7. The molecule has 7 amide bonds. The van der Waals surface area contributed by atoms with Crippen LogP contribution in [-0.4, -0.2) is 142 Å². The van der Waals surface area contributed by atoms with Crippen LogP contribution in [0.1, 0.15) is 117 Å². The maximum atomic E-state index is 14.1. The number of nitrogens with zero attached hydrogens (tertiary/aromatic N) is 1. The second-order valence-electron chi connectivity index (χ2n) is 19.1. The van der Waals surface area contributed by atoms with Crippen LogP contribution in [0, 0.1) is 19.7 Å². The highest BCUT2D eigenvalue weighted by atomic mass is 19.1. The van der Waals surface area contributed by atoms with E-state index in [2.05, 4.69) is 36.9 Å². The van der Waals surface area contributed by atoms with Crippen LogP contribution in [0.15, 0.2) is 54.6 Å². The number of aromatic nitrogens is 1. The number of carbonyl (C=O) groups is 7. The summed E-state index contributed by atoms with van der Waals surface area (Å²) in [6.45, 7) is 9.96. The van der Waals surface area contributed by atoms with Gasteiger partial charge in [0.2, 0.25) is 23.6 Å². The Kier molecular flexibility index (Phi) is 22.9. The monoisotopic (exact) mass is 1080 g/mol. The molecule has 2 aliphatic rings. The van der Waals surface area contributed by atoms with E-state index in [9.17, 15) is 38.0 Å².